The van der Waals surface area contributed by atoms with Crippen LogP contribution in [0.3, 0.4) is 0 Å². The van der Waals surface area contributed by atoms with Crippen LogP contribution in [0.1, 0.15) is 13.8 Å². The Morgan fingerprint density at radius 1 is 0.938 bits per heavy atom. The Bertz CT molecular complexity index is 487. The normalized spacial score (nSPS) is 14.9. The van der Waals surface area contributed by atoms with Gasteiger partial charge in [-0.2, -0.15) is 0 Å². The van der Waals surface area contributed by atoms with Gasteiger partial charge in [-0.1, -0.05) is 38.1 Å². The maximum atomic E-state index is 5.75. The van der Waals surface area contributed by atoms with Crippen molar-refractivity contribution < 1.29 is 9.47 Å². The second-order valence-electron chi connectivity index (χ2n) is 4.49. The molecule has 0 bridgehead atoms. The zero-order valence-corrected chi connectivity index (χ0v) is 9.44. The van der Waals surface area contributed by atoms with Crippen molar-refractivity contribution >= 4 is 10.8 Å². The summed E-state index contributed by atoms with van der Waals surface area (Å²) in [5.74, 6) is 2.07. The molecule has 0 N–H and O–H groups in total. The van der Waals surface area contributed by atoms with E-state index in [0.29, 0.717) is 5.92 Å². The Morgan fingerprint density at radius 2 is 1.44 bits per heavy atom. The van der Waals surface area contributed by atoms with Crippen LogP contribution in [0.5, 0.6) is 11.5 Å². The molecule has 2 aromatic carbocycles. The van der Waals surface area contributed by atoms with Crippen molar-refractivity contribution in [3.63, 3.8) is 0 Å². The van der Waals surface area contributed by atoms with Crippen molar-refractivity contribution in [3.05, 3.63) is 36.4 Å². The minimum absolute atomic E-state index is 0.146. The molecule has 0 atom stereocenters. The highest BCUT2D eigenvalue weighted by atomic mass is 16.7. The molecular formula is C14H14O2. The summed E-state index contributed by atoms with van der Waals surface area (Å²) >= 11 is 0. The van der Waals surface area contributed by atoms with Crippen LogP contribution in [0.15, 0.2) is 36.4 Å². The fourth-order valence-corrected chi connectivity index (χ4v) is 1.93. The lowest BCUT2D eigenvalue weighted by Crippen LogP contribution is -2.24. The van der Waals surface area contributed by atoms with Crippen LogP contribution < -0.4 is 9.47 Å². The highest BCUT2D eigenvalue weighted by Crippen LogP contribution is 2.39. The molecule has 1 heterocycles. The van der Waals surface area contributed by atoms with E-state index in [1.807, 2.05) is 24.3 Å². The van der Waals surface area contributed by atoms with Crippen LogP contribution in [0.25, 0.3) is 10.8 Å². The first kappa shape index (κ1) is 9.52. The summed E-state index contributed by atoms with van der Waals surface area (Å²) in [6.07, 6.45) is -0.146. The third-order valence-electron chi connectivity index (χ3n) is 2.84. The summed E-state index contributed by atoms with van der Waals surface area (Å²) in [4.78, 5) is 0. The summed E-state index contributed by atoms with van der Waals surface area (Å²) in [7, 11) is 0. The van der Waals surface area contributed by atoms with Gasteiger partial charge in [0.15, 0.2) is 11.5 Å². The molecule has 2 aromatic rings. The molecule has 2 heteroatoms. The van der Waals surface area contributed by atoms with Crippen LogP contribution in [0, 0.1) is 5.92 Å². The Morgan fingerprint density at radius 3 is 1.88 bits per heavy atom. The first-order valence-corrected chi connectivity index (χ1v) is 5.60. The van der Waals surface area contributed by atoms with E-state index in [-0.39, 0.29) is 6.29 Å². The third kappa shape index (κ3) is 1.42. The summed E-state index contributed by atoms with van der Waals surface area (Å²) < 4.78 is 11.5. The lowest BCUT2D eigenvalue weighted by molar-refractivity contribution is 0.00916. The predicted molar refractivity (Wildman–Crippen MR) is 63.8 cm³/mol. The first-order valence-electron chi connectivity index (χ1n) is 5.60. The lowest BCUT2D eigenvalue weighted by atomic mass is 10.1. The van der Waals surface area contributed by atoms with Gasteiger partial charge in [0.25, 0.3) is 0 Å². The molecule has 82 valence electrons. The SMILES string of the molecule is CC(C)C1Oc2cc3ccccc3cc2O1. The smallest absolute Gasteiger partial charge is 0.243 e. The van der Waals surface area contributed by atoms with E-state index < -0.39 is 0 Å². The molecule has 0 spiro atoms. The largest absolute Gasteiger partial charge is 0.451 e. The second kappa shape index (κ2) is 3.41. The van der Waals surface area contributed by atoms with Crippen molar-refractivity contribution in [3.8, 4) is 11.5 Å². The first-order chi connectivity index (χ1) is 7.74. The van der Waals surface area contributed by atoms with E-state index in [9.17, 15) is 0 Å². The number of ether oxygens (including phenoxy) is 2. The molecule has 1 aliphatic heterocycles. The van der Waals surface area contributed by atoms with Gasteiger partial charge in [-0.3, -0.25) is 0 Å². The fraction of sp³-hybridized carbons (Fsp3) is 0.286. The van der Waals surface area contributed by atoms with Crippen LogP contribution in [0.4, 0.5) is 0 Å². The molecule has 1 aliphatic rings. The van der Waals surface area contributed by atoms with Crippen LogP contribution in [-0.2, 0) is 0 Å². The molecule has 0 saturated heterocycles. The lowest BCUT2D eigenvalue weighted by Gasteiger charge is -2.12. The van der Waals surface area contributed by atoms with E-state index in [4.69, 9.17) is 9.47 Å². The quantitative estimate of drug-likeness (QED) is 0.722. The molecule has 16 heavy (non-hydrogen) atoms. The van der Waals surface area contributed by atoms with Crippen molar-refractivity contribution in [2.45, 2.75) is 20.1 Å². The van der Waals surface area contributed by atoms with Crippen LogP contribution in [0.2, 0.25) is 0 Å². The molecular weight excluding hydrogens is 200 g/mol. The van der Waals surface area contributed by atoms with Gasteiger partial charge in [0.2, 0.25) is 6.29 Å². The van der Waals surface area contributed by atoms with Crippen molar-refractivity contribution in [1.29, 1.82) is 0 Å². The Balaban J connectivity index is 2.08. The molecule has 0 fully saturated rings. The van der Waals surface area contributed by atoms with Gasteiger partial charge < -0.3 is 9.47 Å². The van der Waals surface area contributed by atoms with E-state index in [1.165, 1.54) is 10.8 Å². The molecule has 2 nitrogen and oxygen atoms in total. The molecule has 3 rings (SSSR count). The number of rotatable bonds is 1. The van der Waals surface area contributed by atoms with Crippen LogP contribution >= 0.6 is 0 Å². The zero-order chi connectivity index (χ0) is 11.1. The highest BCUT2D eigenvalue weighted by Gasteiger charge is 2.26. The molecule has 0 saturated carbocycles. The average Bonchev–Trinajstić information content (AvgIpc) is 2.68. The van der Waals surface area contributed by atoms with Gasteiger partial charge in [0.05, 0.1) is 0 Å². The molecule has 0 radical (unpaired) electrons. The van der Waals surface area contributed by atoms with Gasteiger partial charge in [-0.15, -0.1) is 0 Å². The summed E-state index contributed by atoms with van der Waals surface area (Å²) in [5, 5.41) is 2.38. The number of fused-ring (bicyclic) bond motifs is 2. The number of hydrogen-bond donors (Lipinski definition) is 0. The van der Waals surface area contributed by atoms with Gasteiger partial charge in [0.1, 0.15) is 0 Å². The second-order valence-corrected chi connectivity index (χ2v) is 4.49. The van der Waals surface area contributed by atoms with Crippen molar-refractivity contribution in [1.82, 2.24) is 0 Å². The highest BCUT2D eigenvalue weighted by molar-refractivity contribution is 5.86. The maximum Gasteiger partial charge on any atom is 0.243 e. The minimum atomic E-state index is -0.146. The third-order valence-corrected chi connectivity index (χ3v) is 2.84. The van der Waals surface area contributed by atoms with E-state index >= 15 is 0 Å². The van der Waals surface area contributed by atoms with Gasteiger partial charge in [0, 0.05) is 5.92 Å². The Hall–Kier alpha value is -1.70. The van der Waals surface area contributed by atoms with Gasteiger partial charge in [-0.25, -0.2) is 0 Å². The Kier molecular flexibility index (Phi) is 2.03. The van der Waals surface area contributed by atoms with Gasteiger partial charge in [-0.05, 0) is 22.9 Å². The standard InChI is InChI=1S/C14H14O2/c1-9(2)14-15-12-7-10-5-3-4-6-11(10)8-13(12)16-14/h3-9,14H,1-2H3. The molecule has 0 aromatic heterocycles. The van der Waals surface area contributed by atoms with E-state index in [0.717, 1.165) is 11.5 Å². The van der Waals surface area contributed by atoms with Crippen LogP contribution in [-0.4, -0.2) is 6.29 Å². The Labute approximate surface area is 94.8 Å². The van der Waals surface area contributed by atoms with Crippen molar-refractivity contribution in [2.75, 3.05) is 0 Å². The fourth-order valence-electron chi connectivity index (χ4n) is 1.93. The van der Waals surface area contributed by atoms with E-state index in [2.05, 4.69) is 26.0 Å². The predicted octanol–water partition coefficient (Wildman–Crippen LogP) is 3.59. The van der Waals surface area contributed by atoms with E-state index in [1.54, 1.807) is 0 Å². The van der Waals surface area contributed by atoms with Gasteiger partial charge >= 0.3 is 0 Å². The summed E-state index contributed by atoms with van der Waals surface area (Å²) in [5.41, 5.74) is 0. The van der Waals surface area contributed by atoms with Crippen molar-refractivity contribution in [2.24, 2.45) is 5.92 Å². The topological polar surface area (TPSA) is 18.5 Å². The summed E-state index contributed by atoms with van der Waals surface area (Å²) in [6.45, 7) is 4.19. The maximum absolute atomic E-state index is 5.75. The molecule has 0 aliphatic carbocycles. The number of hydrogen-bond acceptors (Lipinski definition) is 2. The number of benzene rings is 2. The monoisotopic (exact) mass is 214 g/mol. The molecule has 0 unspecified atom stereocenters. The average molecular weight is 214 g/mol. The molecule has 0 amide bonds. The minimum Gasteiger partial charge on any atom is -0.451 e. The summed E-state index contributed by atoms with van der Waals surface area (Å²) in [6, 6.07) is 12.3. The zero-order valence-electron chi connectivity index (χ0n) is 9.44.